The van der Waals surface area contributed by atoms with Gasteiger partial charge in [-0.25, -0.2) is 8.78 Å². The van der Waals surface area contributed by atoms with Gasteiger partial charge < -0.3 is 19.3 Å². The number of fused-ring (bicyclic) bond motifs is 1. The van der Waals surface area contributed by atoms with E-state index < -0.39 is 11.7 Å². The first-order valence-electron chi connectivity index (χ1n) is 11.2. The fourth-order valence-electron chi connectivity index (χ4n) is 4.09. The number of nitrogens with zero attached hydrogens (tertiary/aromatic N) is 2. The highest BCUT2D eigenvalue weighted by atomic mass is 32.1. The molecule has 1 atom stereocenters. The van der Waals surface area contributed by atoms with Crippen LogP contribution >= 0.6 is 11.3 Å². The lowest BCUT2D eigenvalue weighted by molar-refractivity contribution is -0.135. The third-order valence-corrected chi connectivity index (χ3v) is 6.88. The number of benzene rings is 2. The Morgan fingerprint density at radius 1 is 1.11 bits per heavy atom. The minimum atomic E-state index is -0.520. The van der Waals surface area contributed by atoms with Gasteiger partial charge in [0.15, 0.2) is 0 Å². The fourth-order valence-corrected chi connectivity index (χ4v) is 5.02. The Balaban J connectivity index is 1.52. The molecule has 6 nitrogen and oxygen atoms in total. The van der Waals surface area contributed by atoms with E-state index in [1.54, 1.807) is 28.4 Å². The van der Waals surface area contributed by atoms with Crippen LogP contribution in [0.3, 0.4) is 0 Å². The second-order valence-corrected chi connectivity index (χ2v) is 9.15. The lowest BCUT2D eigenvalue weighted by Crippen LogP contribution is -2.48. The van der Waals surface area contributed by atoms with E-state index in [0.29, 0.717) is 18.7 Å². The van der Waals surface area contributed by atoms with E-state index >= 15 is 0 Å². The smallest absolute Gasteiger partial charge is 0.254 e. The van der Waals surface area contributed by atoms with E-state index in [-0.39, 0.29) is 49.6 Å². The number of ether oxygens (including phenoxy) is 2. The molecule has 2 amide bonds. The van der Waals surface area contributed by atoms with E-state index in [2.05, 4.69) is 0 Å². The van der Waals surface area contributed by atoms with Crippen LogP contribution < -0.4 is 4.74 Å². The number of thiophene rings is 1. The molecule has 0 radical (unpaired) electrons. The molecule has 0 unspecified atom stereocenters. The highest BCUT2D eigenvalue weighted by molar-refractivity contribution is 7.10. The van der Waals surface area contributed by atoms with Crippen molar-refractivity contribution in [2.45, 2.75) is 12.5 Å². The summed E-state index contributed by atoms with van der Waals surface area (Å²) in [6, 6.07) is 12.8. The van der Waals surface area contributed by atoms with Crippen LogP contribution in [0.15, 0.2) is 60.0 Å². The van der Waals surface area contributed by atoms with Crippen LogP contribution in [-0.2, 0) is 16.0 Å². The number of methoxy groups -OCH3 is 1. The quantitative estimate of drug-likeness (QED) is 0.439. The summed E-state index contributed by atoms with van der Waals surface area (Å²) in [6.07, 6.45) is 0.710. The maximum absolute atomic E-state index is 13.7. The van der Waals surface area contributed by atoms with Crippen molar-refractivity contribution in [3.63, 3.8) is 0 Å². The molecule has 1 aromatic heterocycles. The summed E-state index contributed by atoms with van der Waals surface area (Å²) in [5.41, 5.74) is 1.18. The lowest BCUT2D eigenvalue weighted by atomic mass is 10.0. The number of hydrogen-bond donors (Lipinski definition) is 0. The normalized spacial score (nSPS) is 14.9. The molecule has 0 fully saturated rings. The lowest BCUT2D eigenvalue weighted by Gasteiger charge is -2.37. The molecule has 0 saturated heterocycles. The average molecular weight is 501 g/mol. The summed E-state index contributed by atoms with van der Waals surface area (Å²) in [6.45, 7) is 0.921. The molecule has 2 heterocycles. The Hall–Kier alpha value is -3.30. The zero-order chi connectivity index (χ0) is 24.8. The Labute approximate surface area is 206 Å². The van der Waals surface area contributed by atoms with Crippen molar-refractivity contribution in [2.24, 2.45) is 0 Å². The molecule has 3 aromatic rings. The molecule has 184 valence electrons. The summed E-state index contributed by atoms with van der Waals surface area (Å²) < 4.78 is 38.0. The first kappa shape index (κ1) is 24.8. The van der Waals surface area contributed by atoms with Crippen molar-refractivity contribution in [3.8, 4) is 5.75 Å². The van der Waals surface area contributed by atoms with E-state index in [1.165, 1.54) is 47.2 Å². The molecule has 1 aliphatic rings. The number of rotatable bonds is 9. The Bertz CT molecular complexity index is 1170. The van der Waals surface area contributed by atoms with Crippen LogP contribution in [0.25, 0.3) is 0 Å². The second-order valence-electron chi connectivity index (χ2n) is 8.15. The fraction of sp³-hybridized carbons (Fsp3) is 0.308. The first-order chi connectivity index (χ1) is 17.0. The monoisotopic (exact) mass is 500 g/mol. The van der Waals surface area contributed by atoms with E-state index in [9.17, 15) is 18.4 Å². The van der Waals surface area contributed by atoms with Crippen LogP contribution in [0.5, 0.6) is 5.75 Å². The zero-order valence-corrected chi connectivity index (χ0v) is 20.1. The van der Waals surface area contributed by atoms with Gasteiger partial charge in [-0.2, -0.15) is 0 Å². The molecule has 9 heteroatoms. The summed E-state index contributed by atoms with van der Waals surface area (Å²) in [7, 11) is 1.51. The minimum absolute atomic E-state index is 0.170. The average Bonchev–Trinajstić information content (AvgIpc) is 3.34. The zero-order valence-electron chi connectivity index (χ0n) is 19.3. The SMILES string of the molecule is COCCN(CC(=O)N1CCc2sccc2[C@H]1COc1ccc(F)cc1)C(=O)c1cccc(F)c1. The van der Waals surface area contributed by atoms with Crippen molar-refractivity contribution in [3.05, 3.63) is 87.6 Å². The molecule has 0 saturated carbocycles. The minimum Gasteiger partial charge on any atom is -0.491 e. The summed E-state index contributed by atoms with van der Waals surface area (Å²) >= 11 is 1.64. The van der Waals surface area contributed by atoms with E-state index in [1.807, 2.05) is 11.4 Å². The number of carbonyl (C=O) groups excluding carboxylic acids is 2. The largest absolute Gasteiger partial charge is 0.491 e. The van der Waals surface area contributed by atoms with Crippen LogP contribution in [0, 0.1) is 11.6 Å². The molecule has 0 spiro atoms. The molecule has 35 heavy (non-hydrogen) atoms. The molecule has 2 aromatic carbocycles. The van der Waals surface area contributed by atoms with Gasteiger partial charge in [-0.1, -0.05) is 6.07 Å². The predicted octanol–water partition coefficient (Wildman–Crippen LogP) is 4.32. The maximum Gasteiger partial charge on any atom is 0.254 e. The topological polar surface area (TPSA) is 59.1 Å². The number of halogens is 2. The Morgan fingerprint density at radius 2 is 1.91 bits per heavy atom. The number of hydrogen-bond acceptors (Lipinski definition) is 5. The van der Waals surface area contributed by atoms with Gasteiger partial charge in [0.1, 0.15) is 30.5 Å². The highest BCUT2D eigenvalue weighted by Crippen LogP contribution is 2.34. The van der Waals surface area contributed by atoms with Crippen LogP contribution in [0.2, 0.25) is 0 Å². The summed E-state index contributed by atoms with van der Waals surface area (Å²) in [4.78, 5) is 30.9. The van der Waals surface area contributed by atoms with Gasteiger partial charge in [-0.15, -0.1) is 11.3 Å². The molecule has 0 aliphatic carbocycles. The van der Waals surface area contributed by atoms with Crippen LogP contribution in [-0.4, -0.2) is 61.6 Å². The van der Waals surface area contributed by atoms with Crippen LogP contribution in [0.4, 0.5) is 8.78 Å². The third kappa shape index (κ3) is 6.04. The van der Waals surface area contributed by atoms with Gasteiger partial charge in [0.05, 0.1) is 12.6 Å². The summed E-state index contributed by atoms with van der Waals surface area (Å²) in [5.74, 6) is -1.05. The molecule has 1 aliphatic heterocycles. The van der Waals surface area contributed by atoms with Crippen molar-refractivity contribution in [2.75, 3.05) is 40.0 Å². The number of amides is 2. The molecule has 4 rings (SSSR count). The molecule has 0 N–H and O–H groups in total. The van der Waals surface area contributed by atoms with Gasteiger partial charge in [-0.05, 0) is 65.9 Å². The van der Waals surface area contributed by atoms with E-state index in [4.69, 9.17) is 9.47 Å². The van der Waals surface area contributed by atoms with Crippen molar-refractivity contribution in [1.82, 2.24) is 9.80 Å². The van der Waals surface area contributed by atoms with Gasteiger partial charge >= 0.3 is 0 Å². The van der Waals surface area contributed by atoms with Crippen LogP contribution in [0.1, 0.15) is 26.8 Å². The standard InChI is InChI=1S/C26H26F2N2O4S/c1-33-13-12-29(26(32)18-3-2-4-20(28)15-18)16-25(31)30-11-9-24-22(10-14-35-24)23(30)17-34-21-7-5-19(27)6-8-21/h2-8,10,14-15,23H,9,11-13,16-17H2,1H3/t23-/m1/s1. The molecular formula is C26H26F2N2O4S. The maximum atomic E-state index is 13.7. The van der Waals surface area contributed by atoms with Crippen molar-refractivity contribution >= 4 is 23.2 Å². The van der Waals surface area contributed by atoms with Gasteiger partial charge in [0.25, 0.3) is 5.91 Å². The molecule has 0 bridgehead atoms. The Morgan fingerprint density at radius 3 is 2.66 bits per heavy atom. The molecular weight excluding hydrogens is 474 g/mol. The highest BCUT2D eigenvalue weighted by Gasteiger charge is 2.33. The number of carbonyl (C=O) groups is 2. The first-order valence-corrected chi connectivity index (χ1v) is 12.1. The van der Waals surface area contributed by atoms with E-state index in [0.717, 1.165) is 11.6 Å². The van der Waals surface area contributed by atoms with Gasteiger partial charge in [-0.3, -0.25) is 9.59 Å². The van der Waals surface area contributed by atoms with Gasteiger partial charge in [0, 0.05) is 30.6 Å². The Kier molecular flexibility index (Phi) is 8.09. The predicted molar refractivity (Wildman–Crippen MR) is 129 cm³/mol. The summed E-state index contributed by atoms with van der Waals surface area (Å²) in [5, 5.41) is 1.99. The third-order valence-electron chi connectivity index (χ3n) is 5.89. The van der Waals surface area contributed by atoms with Gasteiger partial charge in [0.2, 0.25) is 5.91 Å². The van der Waals surface area contributed by atoms with Crippen molar-refractivity contribution < 1.29 is 27.8 Å². The van der Waals surface area contributed by atoms with Crippen molar-refractivity contribution in [1.29, 1.82) is 0 Å². The second kappa shape index (κ2) is 11.4.